The van der Waals surface area contributed by atoms with Crippen LogP contribution >= 0.6 is 0 Å². The third-order valence-corrected chi connectivity index (χ3v) is 5.02. The van der Waals surface area contributed by atoms with E-state index in [1.807, 2.05) is 11.9 Å². The van der Waals surface area contributed by atoms with Crippen molar-refractivity contribution in [3.05, 3.63) is 35.4 Å². The molecule has 0 aliphatic heterocycles. The molecular weight excluding hydrogens is 260 g/mol. The minimum Gasteiger partial charge on any atom is -0.339 e. The summed E-state index contributed by atoms with van der Waals surface area (Å²) in [5.41, 5.74) is 8.18. The second-order valence-electron chi connectivity index (χ2n) is 6.49. The highest BCUT2D eigenvalue weighted by Crippen LogP contribution is 2.31. The number of carbonyl (C=O) groups is 1. The zero-order chi connectivity index (χ0) is 15.4. The Labute approximate surface area is 128 Å². The van der Waals surface area contributed by atoms with E-state index in [1.165, 1.54) is 11.1 Å². The van der Waals surface area contributed by atoms with Crippen molar-refractivity contribution in [3.63, 3.8) is 0 Å². The largest absolute Gasteiger partial charge is 0.339 e. The number of rotatable bonds is 4. The molecule has 0 bridgehead atoms. The molecule has 1 atom stereocenters. The molecule has 1 aromatic carbocycles. The van der Waals surface area contributed by atoms with Crippen molar-refractivity contribution in [3.8, 4) is 0 Å². The Bertz CT molecular complexity index is 461. The van der Waals surface area contributed by atoms with Crippen molar-refractivity contribution >= 4 is 5.91 Å². The molecule has 21 heavy (non-hydrogen) atoms. The van der Waals surface area contributed by atoms with Gasteiger partial charge in [-0.2, -0.15) is 0 Å². The first-order valence-corrected chi connectivity index (χ1v) is 8.06. The second kappa shape index (κ2) is 7.08. The molecular formula is C18H28N2O. The van der Waals surface area contributed by atoms with Gasteiger partial charge in [0.15, 0.2) is 0 Å². The maximum atomic E-state index is 12.7. The summed E-state index contributed by atoms with van der Waals surface area (Å²) in [5.74, 6) is 1.10. The number of amides is 1. The predicted octanol–water partition coefficient (Wildman–Crippen LogP) is 3.28. The molecule has 0 heterocycles. The lowest BCUT2D eigenvalue weighted by atomic mass is 9.81. The molecule has 0 saturated heterocycles. The van der Waals surface area contributed by atoms with E-state index < -0.39 is 0 Å². The van der Waals surface area contributed by atoms with E-state index in [0.717, 1.165) is 32.2 Å². The van der Waals surface area contributed by atoms with Crippen LogP contribution in [-0.2, 0) is 4.79 Å². The van der Waals surface area contributed by atoms with Gasteiger partial charge in [0.05, 0.1) is 6.04 Å². The van der Waals surface area contributed by atoms with Crippen LogP contribution < -0.4 is 5.73 Å². The van der Waals surface area contributed by atoms with Gasteiger partial charge in [-0.3, -0.25) is 4.79 Å². The molecule has 2 N–H and O–H groups in total. The molecule has 0 radical (unpaired) electrons. The van der Waals surface area contributed by atoms with Crippen molar-refractivity contribution in [2.24, 2.45) is 17.6 Å². The van der Waals surface area contributed by atoms with Gasteiger partial charge in [0.2, 0.25) is 5.91 Å². The van der Waals surface area contributed by atoms with Crippen molar-refractivity contribution < 1.29 is 4.79 Å². The molecule has 3 heteroatoms. The molecule has 2 rings (SSSR count). The molecule has 1 unspecified atom stereocenters. The molecule has 1 aromatic rings. The standard InChI is InChI=1S/C18H28N2O/c1-13-4-8-16(9-5-13)14(2)20(3)18(21)17-10-6-15(12-19)7-11-17/h4-5,8-9,14-15,17H,6-7,10-12,19H2,1-3H3. The molecule has 1 aliphatic carbocycles. The lowest BCUT2D eigenvalue weighted by Gasteiger charge is -2.33. The summed E-state index contributed by atoms with van der Waals surface area (Å²) >= 11 is 0. The van der Waals surface area contributed by atoms with Crippen LogP contribution in [-0.4, -0.2) is 24.4 Å². The normalized spacial score (nSPS) is 23.6. The fourth-order valence-electron chi connectivity index (χ4n) is 3.19. The van der Waals surface area contributed by atoms with E-state index in [4.69, 9.17) is 5.73 Å². The van der Waals surface area contributed by atoms with Crippen LogP contribution in [0.3, 0.4) is 0 Å². The van der Waals surface area contributed by atoms with Crippen molar-refractivity contribution in [1.82, 2.24) is 4.90 Å². The summed E-state index contributed by atoms with van der Waals surface area (Å²) < 4.78 is 0. The molecule has 1 fully saturated rings. The highest BCUT2D eigenvalue weighted by Gasteiger charge is 2.29. The Morgan fingerprint density at radius 2 is 1.81 bits per heavy atom. The van der Waals surface area contributed by atoms with Crippen LogP contribution in [0.4, 0.5) is 0 Å². The van der Waals surface area contributed by atoms with Gasteiger partial charge in [-0.15, -0.1) is 0 Å². The Kier molecular flexibility index (Phi) is 5.40. The zero-order valence-electron chi connectivity index (χ0n) is 13.5. The molecule has 0 aromatic heterocycles. The number of nitrogens with two attached hydrogens (primary N) is 1. The number of carbonyl (C=O) groups excluding carboxylic acids is 1. The fourth-order valence-corrected chi connectivity index (χ4v) is 3.19. The monoisotopic (exact) mass is 288 g/mol. The van der Waals surface area contributed by atoms with Gasteiger partial charge in [-0.25, -0.2) is 0 Å². The quantitative estimate of drug-likeness (QED) is 0.924. The summed E-state index contributed by atoms with van der Waals surface area (Å²) in [6.07, 6.45) is 4.18. The summed E-state index contributed by atoms with van der Waals surface area (Å²) in [7, 11) is 1.93. The van der Waals surface area contributed by atoms with Crippen LogP contribution in [0.25, 0.3) is 0 Å². The Balaban J connectivity index is 1.97. The third kappa shape index (κ3) is 3.85. The van der Waals surface area contributed by atoms with Gasteiger partial charge in [-0.05, 0) is 57.6 Å². The third-order valence-electron chi connectivity index (χ3n) is 5.02. The fraction of sp³-hybridized carbons (Fsp3) is 0.611. The summed E-state index contributed by atoms with van der Waals surface area (Å²) in [4.78, 5) is 14.6. The molecule has 116 valence electrons. The van der Waals surface area contributed by atoms with Gasteiger partial charge in [0.1, 0.15) is 0 Å². The van der Waals surface area contributed by atoms with E-state index >= 15 is 0 Å². The molecule has 1 aliphatic rings. The maximum Gasteiger partial charge on any atom is 0.225 e. The Morgan fingerprint density at radius 3 is 2.33 bits per heavy atom. The Hall–Kier alpha value is -1.35. The van der Waals surface area contributed by atoms with Crippen LogP contribution in [0.5, 0.6) is 0 Å². The van der Waals surface area contributed by atoms with E-state index in [1.54, 1.807) is 0 Å². The van der Waals surface area contributed by atoms with Gasteiger partial charge in [-0.1, -0.05) is 29.8 Å². The highest BCUT2D eigenvalue weighted by molar-refractivity contribution is 5.79. The first-order valence-electron chi connectivity index (χ1n) is 8.06. The van der Waals surface area contributed by atoms with E-state index in [2.05, 4.69) is 38.1 Å². The molecule has 1 amide bonds. The minimum atomic E-state index is 0.130. The van der Waals surface area contributed by atoms with Gasteiger partial charge < -0.3 is 10.6 Å². The van der Waals surface area contributed by atoms with E-state index in [0.29, 0.717) is 11.8 Å². The van der Waals surface area contributed by atoms with Crippen LogP contribution in [0.15, 0.2) is 24.3 Å². The summed E-state index contributed by atoms with van der Waals surface area (Å²) in [5, 5.41) is 0. The van der Waals surface area contributed by atoms with Crippen molar-refractivity contribution in [2.75, 3.05) is 13.6 Å². The zero-order valence-corrected chi connectivity index (χ0v) is 13.5. The van der Waals surface area contributed by atoms with Crippen molar-refractivity contribution in [2.45, 2.75) is 45.6 Å². The lowest BCUT2D eigenvalue weighted by molar-refractivity contribution is -0.137. The second-order valence-corrected chi connectivity index (χ2v) is 6.49. The first-order chi connectivity index (χ1) is 10.0. The maximum absolute atomic E-state index is 12.7. The smallest absolute Gasteiger partial charge is 0.225 e. The molecule has 3 nitrogen and oxygen atoms in total. The summed E-state index contributed by atoms with van der Waals surface area (Å²) in [6.45, 7) is 4.95. The minimum absolute atomic E-state index is 0.130. The number of aryl methyl sites for hydroxylation is 1. The molecule has 1 saturated carbocycles. The van der Waals surface area contributed by atoms with Gasteiger partial charge >= 0.3 is 0 Å². The Morgan fingerprint density at radius 1 is 1.24 bits per heavy atom. The predicted molar refractivity (Wildman–Crippen MR) is 86.9 cm³/mol. The van der Waals surface area contributed by atoms with Crippen LogP contribution in [0.1, 0.15) is 49.8 Å². The molecule has 0 spiro atoms. The van der Waals surface area contributed by atoms with E-state index in [-0.39, 0.29) is 12.0 Å². The number of hydrogen-bond donors (Lipinski definition) is 1. The van der Waals surface area contributed by atoms with Gasteiger partial charge in [0, 0.05) is 13.0 Å². The van der Waals surface area contributed by atoms with E-state index in [9.17, 15) is 4.79 Å². The number of nitrogens with zero attached hydrogens (tertiary/aromatic N) is 1. The average molecular weight is 288 g/mol. The van der Waals surface area contributed by atoms with Crippen LogP contribution in [0.2, 0.25) is 0 Å². The van der Waals surface area contributed by atoms with Crippen LogP contribution in [0, 0.1) is 18.8 Å². The SMILES string of the molecule is Cc1ccc(C(C)N(C)C(=O)C2CCC(CN)CC2)cc1. The number of hydrogen-bond acceptors (Lipinski definition) is 2. The lowest BCUT2D eigenvalue weighted by Crippen LogP contribution is -2.37. The number of benzene rings is 1. The van der Waals surface area contributed by atoms with Gasteiger partial charge in [0.25, 0.3) is 0 Å². The summed E-state index contributed by atoms with van der Waals surface area (Å²) in [6, 6.07) is 8.59. The first kappa shape index (κ1) is 16.0. The topological polar surface area (TPSA) is 46.3 Å². The average Bonchev–Trinajstić information content (AvgIpc) is 2.53. The van der Waals surface area contributed by atoms with Crippen molar-refractivity contribution in [1.29, 1.82) is 0 Å². The highest BCUT2D eigenvalue weighted by atomic mass is 16.2.